The number of nitrogens with zero attached hydrogens (tertiary/aromatic N) is 1. The van der Waals surface area contributed by atoms with E-state index in [9.17, 15) is 4.79 Å². The second kappa shape index (κ2) is 9.08. The van der Waals surface area contributed by atoms with Crippen LogP contribution in [0, 0.1) is 0 Å². The van der Waals surface area contributed by atoms with Gasteiger partial charge in [-0.1, -0.05) is 6.07 Å². The molecule has 1 amide bonds. The van der Waals surface area contributed by atoms with Gasteiger partial charge in [-0.15, -0.1) is 0 Å². The zero-order chi connectivity index (χ0) is 18.2. The van der Waals surface area contributed by atoms with Crippen LogP contribution in [0.2, 0.25) is 0 Å². The van der Waals surface area contributed by atoms with Crippen molar-refractivity contribution in [3.05, 3.63) is 52.0 Å². The number of hydrogen-bond donors (Lipinski definition) is 1. The third kappa shape index (κ3) is 4.96. The van der Waals surface area contributed by atoms with E-state index in [0.29, 0.717) is 29.4 Å². The van der Waals surface area contributed by atoms with Crippen molar-refractivity contribution in [3.63, 3.8) is 0 Å². The lowest BCUT2D eigenvalue weighted by Gasteiger charge is -2.11. The van der Waals surface area contributed by atoms with Gasteiger partial charge in [0.05, 0.1) is 31.5 Å². The Bertz CT molecular complexity index is 778. The van der Waals surface area contributed by atoms with Crippen molar-refractivity contribution >= 4 is 28.1 Å². The lowest BCUT2D eigenvalue weighted by Crippen LogP contribution is -2.17. The van der Waals surface area contributed by atoms with Crippen LogP contribution < -0.4 is 19.6 Å². The van der Waals surface area contributed by atoms with E-state index in [4.69, 9.17) is 14.2 Å². The highest BCUT2D eigenvalue weighted by atomic mass is 79.9. The maximum absolute atomic E-state index is 12.1. The summed E-state index contributed by atoms with van der Waals surface area (Å²) < 4.78 is 16.7. The number of benzene rings is 2. The molecule has 1 N–H and O–H groups in total. The van der Waals surface area contributed by atoms with Crippen molar-refractivity contribution in [2.45, 2.75) is 6.92 Å². The Kier molecular flexibility index (Phi) is 6.82. The van der Waals surface area contributed by atoms with E-state index in [0.717, 1.165) is 10.0 Å². The molecule has 0 saturated heterocycles. The Hall–Kier alpha value is -2.54. The van der Waals surface area contributed by atoms with Gasteiger partial charge in [0, 0.05) is 5.56 Å². The average Bonchev–Trinajstić information content (AvgIpc) is 2.63. The highest BCUT2D eigenvalue weighted by Crippen LogP contribution is 2.36. The fourth-order valence-electron chi connectivity index (χ4n) is 2.09. The van der Waals surface area contributed by atoms with Gasteiger partial charge >= 0.3 is 0 Å². The highest BCUT2D eigenvalue weighted by molar-refractivity contribution is 9.10. The molecule has 0 unspecified atom stereocenters. The summed E-state index contributed by atoms with van der Waals surface area (Å²) in [5.74, 6) is 1.49. The van der Waals surface area contributed by atoms with Crippen LogP contribution in [0.4, 0.5) is 0 Å². The van der Waals surface area contributed by atoms with E-state index in [1.54, 1.807) is 44.6 Å². The molecule has 0 spiro atoms. The number of carbonyl (C=O) groups is 1. The van der Waals surface area contributed by atoms with Crippen molar-refractivity contribution in [3.8, 4) is 17.2 Å². The summed E-state index contributed by atoms with van der Waals surface area (Å²) in [5.41, 5.74) is 3.69. The minimum absolute atomic E-state index is 0.327. The van der Waals surface area contributed by atoms with Crippen molar-refractivity contribution in [1.82, 2.24) is 5.43 Å². The zero-order valence-electron chi connectivity index (χ0n) is 14.2. The second-order valence-electron chi connectivity index (χ2n) is 4.90. The quantitative estimate of drug-likeness (QED) is 0.562. The lowest BCUT2D eigenvalue weighted by atomic mass is 10.2. The summed E-state index contributed by atoms with van der Waals surface area (Å²) in [6.45, 7) is 2.42. The van der Waals surface area contributed by atoms with Crippen LogP contribution in [-0.2, 0) is 0 Å². The van der Waals surface area contributed by atoms with Crippen molar-refractivity contribution in [2.24, 2.45) is 5.10 Å². The maximum Gasteiger partial charge on any atom is 0.271 e. The van der Waals surface area contributed by atoms with Gasteiger partial charge in [0.2, 0.25) is 0 Å². The third-order valence-electron chi connectivity index (χ3n) is 3.25. The molecule has 0 radical (unpaired) electrons. The van der Waals surface area contributed by atoms with Crippen molar-refractivity contribution < 1.29 is 19.0 Å². The fourth-order valence-corrected chi connectivity index (χ4v) is 2.67. The van der Waals surface area contributed by atoms with Crippen molar-refractivity contribution in [1.29, 1.82) is 0 Å². The SMILES string of the molecule is CCOc1c(Br)cc(/C=N/NC(=O)c2cccc(OC)c2)cc1OC. The molecule has 0 saturated carbocycles. The molecule has 0 aliphatic rings. The van der Waals surface area contributed by atoms with Crippen molar-refractivity contribution in [2.75, 3.05) is 20.8 Å². The summed E-state index contributed by atoms with van der Waals surface area (Å²) >= 11 is 3.45. The van der Waals surface area contributed by atoms with Gasteiger partial charge in [-0.3, -0.25) is 4.79 Å². The number of rotatable bonds is 7. The Balaban J connectivity index is 2.11. The number of nitrogens with one attached hydrogen (secondary N) is 1. The lowest BCUT2D eigenvalue weighted by molar-refractivity contribution is 0.0955. The third-order valence-corrected chi connectivity index (χ3v) is 3.84. The van der Waals surface area contributed by atoms with Gasteiger partial charge < -0.3 is 14.2 Å². The molecule has 0 aliphatic carbocycles. The number of methoxy groups -OCH3 is 2. The minimum atomic E-state index is -0.327. The van der Waals surface area contributed by atoms with Gasteiger partial charge in [-0.25, -0.2) is 5.43 Å². The van der Waals surface area contributed by atoms with E-state index < -0.39 is 0 Å². The van der Waals surface area contributed by atoms with E-state index in [-0.39, 0.29) is 5.91 Å². The molecule has 7 heteroatoms. The van der Waals surface area contributed by atoms with E-state index in [2.05, 4.69) is 26.5 Å². The molecule has 0 heterocycles. The summed E-state index contributed by atoms with van der Waals surface area (Å²) in [4.78, 5) is 12.1. The topological polar surface area (TPSA) is 69.2 Å². The molecule has 25 heavy (non-hydrogen) atoms. The van der Waals surface area contributed by atoms with E-state index in [1.165, 1.54) is 6.21 Å². The molecule has 132 valence electrons. The summed E-state index contributed by atoms with van der Waals surface area (Å²) in [6, 6.07) is 10.4. The molecule has 6 nitrogen and oxygen atoms in total. The number of hydrazone groups is 1. The van der Waals surface area contributed by atoms with Crippen LogP contribution in [0.25, 0.3) is 0 Å². The Labute approximate surface area is 154 Å². The molecular weight excluding hydrogens is 388 g/mol. The standard InChI is InChI=1S/C18H19BrN2O4/c1-4-25-17-15(19)8-12(9-16(17)24-3)11-20-21-18(22)13-6-5-7-14(10-13)23-2/h5-11H,4H2,1-3H3,(H,21,22)/b20-11+. The van der Waals surface area contributed by atoms with Crippen LogP contribution in [0.15, 0.2) is 46.0 Å². The van der Waals surface area contributed by atoms with Crippen LogP contribution in [-0.4, -0.2) is 32.9 Å². The van der Waals surface area contributed by atoms with E-state index >= 15 is 0 Å². The number of amides is 1. The number of hydrogen-bond acceptors (Lipinski definition) is 5. The fraction of sp³-hybridized carbons (Fsp3) is 0.222. The monoisotopic (exact) mass is 406 g/mol. The van der Waals surface area contributed by atoms with Crippen LogP contribution >= 0.6 is 15.9 Å². The molecule has 2 rings (SSSR count). The van der Waals surface area contributed by atoms with Crippen LogP contribution in [0.1, 0.15) is 22.8 Å². The number of halogens is 1. The van der Waals surface area contributed by atoms with Gasteiger partial charge in [-0.2, -0.15) is 5.10 Å². The first kappa shape index (κ1) is 18.8. The number of carbonyl (C=O) groups excluding carboxylic acids is 1. The second-order valence-corrected chi connectivity index (χ2v) is 5.75. The van der Waals surface area contributed by atoms with Gasteiger partial charge in [0.1, 0.15) is 5.75 Å². The molecule has 2 aromatic carbocycles. The largest absolute Gasteiger partial charge is 0.497 e. The van der Waals surface area contributed by atoms with E-state index in [1.807, 2.05) is 13.0 Å². The van der Waals surface area contributed by atoms with Gasteiger partial charge in [0.25, 0.3) is 5.91 Å². The first-order valence-electron chi connectivity index (χ1n) is 7.56. The molecule has 0 fully saturated rings. The predicted octanol–water partition coefficient (Wildman–Crippen LogP) is 3.63. The van der Waals surface area contributed by atoms with Crippen LogP contribution in [0.5, 0.6) is 17.2 Å². The highest BCUT2D eigenvalue weighted by Gasteiger charge is 2.10. The molecular formula is C18H19BrN2O4. The molecule has 0 atom stereocenters. The minimum Gasteiger partial charge on any atom is -0.497 e. The van der Waals surface area contributed by atoms with Gasteiger partial charge in [0.15, 0.2) is 11.5 Å². The average molecular weight is 407 g/mol. The predicted molar refractivity (Wildman–Crippen MR) is 99.9 cm³/mol. The van der Waals surface area contributed by atoms with Crippen LogP contribution in [0.3, 0.4) is 0 Å². The molecule has 0 bridgehead atoms. The molecule has 0 aliphatic heterocycles. The summed E-state index contributed by atoms with van der Waals surface area (Å²) in [7, 11) is 3.11. The van der Waals surface area contributed by atoms with Gasteiger partial charge in [-0.05, 0) is 58.7 Å². The maximum atomic E-state index is 12.1. The smallest absolute Gasteiger partial charge is 0.271 e. The normalized spacial score (nSPS) is 10.6. The first-order valence-corrected chi connectivity index (χ1v) is 8.36. The summed E-state index contributed by atoms with van der Waals surface area (Å²) in [6.07, 6.45) is 1.53. The number of ether oxygens (including phenoxy) is 3. The Morgan fingerprint density at radius 3 is 2.72 bits per heavy atom. The Morgan fingerprint density at radius 2 is 2.04 bits per heavy atom. The molecule has 2 aromatic rings. The summed E-state index contributed by atoms with van der Waals surface area (Å²) in [5, 5.41) is 3.98. The first-order chi connectivity index (χ1) is 12.1. The molecule has 0 aromatic heterocycles. The Morgan fingerprint density at radius 1 is 1.24 bits per heavy atom. The zero-order valence-corrected chi connectivity index (χ0v) is 15.8.